The van der Waals surface area contributed by atoms with Crippen molar-refractivity contribution in [2.24, 2.45) is 5.92 Å². The summed E-state index contributed by atoms with van der Waals surface area (Å²) in [4.78, 5) is 29.7. The summed E-state index contributed by atoms with van der Waals surface area (Å²) in [5.74, 6) is 2.71. The topological polar surface area (TPSA) is 80.2 Å². The summed E-state index contributed by atoms with van der Waals surface area (Å²) in [7, 11) is 0. The first-order valence-corrected chi connectivity index (χ1v) is 15.4. The third kappa shape index (κ3) is 6.24. The lowest BCUT2D eigenvalue weighted by atomic mass is 9.92. The SMILES string of the molecule is CC(=O)N1CCC(Cc2csc(Nc3ncc(Sc4ccnc5ccsc45)cc3Oc3ccccc3)n2)CC1. The van der Waals surface area contributed by atoms with Crippen molar-refractivity contribution in [1.29, 1.82) is 0 Å². The van der Waals surface area contributed by atoms with Gasteiger partial charge in [0, 0.05) is 53.6 Å². The first-order chi connectivity index (χ1) is 19.1. The number of likely N-dealkylation sites (tertiary alicyclic amines) is 1. The molecule has 1 aliphatic rings. The number of para-hydroxylation sites is 1. The van der Waals surface area contributed by atoms with E-state index in [2.05, 4.69) is 21.1 Å². The third-order valence-electron chi connectivity index (χ3n) is 6.67. The van der Waals surface area contributed by atoms with Crippen LogP contribution in [-0.2, 0) is 11.2 Å². The van der Waals surface area contributed by atoms with E-state index >= 15 is 0 Å². The predicted octanol–water partition coefficient (Wildman–Crippen LogP) is 7.64. The molecule has 0 unspecified atom stereocenters. The maximum atomic E-state index is 11.6. The fourth-order valence-corrected chi connectivity index (χ4v) is 7.24. The van der Waals surface area contributed by atoms with Crippen LogP contribution in [0.15, 0.2) is 81.5 Å². The van der Waals surface area contributed by atoms with E-state index in [1.54, 1.807) is 41.4 Å². The maximum absolute atomic E-state index is 11.6. The van der Waals surface area contributed by atoms with Gasteiger partial charge in [-0.2, -0.15) is 0 Å². The number of hydrogen-bond donors (Lipinski definition) is 1. The van der Waals surface area contributed by atoms with E-state index in [4.69, 9.17) is 14.7 Å². The van der Waals surface area contributed by atoms with Crippen LogP contribution >= 0.6 is 34.4 Å². The molecule has 0 bridgehead atoms. The molecule has 0 atom stereocenters. The first-order valence-electron chi connectivity index (χ1n) is 12.8. The number of hydrogen-bond acceptors (Lipinski definition) is 9. The molecule has 4 aromatic heterocycles. The van der Waals surface area contributed by atoms with Gasteiger partial charge in [0.2, 0.25) is 5.91 Å². The fraction of sp³-hybridized carbons (Fsp3) is 0.241. The van der Waals surface area contributed by atoms with E-state index in [1.807, 2.05) is 65.8 Å². The summed E-state index contributed by atoms with van der Waals surface area (Å²) in [5, 5.41) is 8.35. The monoisotopic (exact) mass is 573 g/mol. The molecule has 0 saturated carbocycles. The molecule has 10 heteroatoms. The number of thiophene rings is 1. The molecular weight excluding hydrogens is 547 g/mol. The number of pyridine rings is 2. The Morgan fingerprint density at radius 1 is 1.13 bits per heavy atom. The van der Waals surface area contributed by atoms with Crippen molar-refractivity contribution in [2.45, 2.75) is 36.0 Å². The molecule has 5 aromatic rings. The Hall–Kier alpha value is -3.47. The molecule has 1 N–H and O–H groups in total. The molecule has 5 heterocycles. The zero-order valence-corrected chi connectivity index (χ0v) is 23.8. The van der Waals surface area contributed by atoms with Crippen LogP contribution in [0.2, 0.25) is 0 Å². The van der Waals surface area contributed by atoms with Crippen LogP contribution in [0.3, 0.4) is 0 Å². The number of anilines is 2. The largest absolute Gasteiger partial charge is 0.453 e. The molecule has 0 radical (unpaired) electrons. The van der Waals surface area contributed by atoms with Crippen LogP contribution in [0, 0.1) is 5.92 Å². The summed E-state index contributed by atoms with van der Waals surface area (Å²) < 4.78 is 7.45. The Balaban J connectivity index is 1.20. The van der Waals surface area contributed by atoms with Crippen molar-refractivity contribution in [2.75, 3.05) is 18.4 Å². The first kappa shape index (κ1) is 25.8. The van der Waals surface area contributed by atoms with Gasteiger partial charge in [-0.1, -0.05) is 30.0 Å². The second kappa shape index (κ2) is 11.7. The number of rotatable bonds is 8. The number of fused-ring (bicyclic) bond motifs is 1. The van der Waals surface area contributed by atoms with Crippen LogP contribution in [0.1, 0.15) is 25.5 Å². The third-order valence-corrected chi connectivity index (χ3v) is 9.56. The van der Waals surface area contributed by atoms with E-state index in [0.29, 0.717) is 17.5 Å². The van der Waals surface area contributed by atoms with Crippen LogP contribution < -0.4 is 10.1 Å². The molecule has 7 nitrogen and oxygen atoms in total. The molecule has 0 aliphatic carbocycles. The van der Waals surface area contributed by atoms with Crippen molar-refractivity contribution >= 4 is 61.5 Å². The molecule has 198 valence electrons. The van der Waals surface area contributed by atoms with E-state index in [9.17, 15) is 4.79 Å². The Kier molecular flexibility index (Phi) is 7.76. The van der Waals surface area contributed by atoms with Gasteiger partial charge in [-0.25, -0.2) is 9.97 Å². The number of carbonyl (C=O) groups is 1. The Bertz CT molecular complexity index is 1580. The molecular formula is C29H27N5O2S3. The number of amides is 1. The van der Waals surface area contributed by atoms with Crippen LogP contribution in [0.25, 0.3) is 10.2 Å². The number of piperidine rings is 1. The minimum atomic E-state index is 0.166. The van der Waals surface area contributed by atoms with Gasteiger partial charge >= 0.3 is 0 Å². The van der Waals surface area contributed by atoms with Crippen molar-refractivity contribution in [1.82, 2.24) is 19.9 Å². The van der Waals surface area contributed by atoms with Gasteiger partial charge in [0.25, 0.3) is 0 Å². The van der Waals surface area contributed by atoms with Gasteiger partial charge in [0.05, 0.1) is 15.9 Å². The van der Waals surface area contributed by atoms with Crippen molar-refractivity contribution in [3.8, 4) is 11.5 Å². The highest BCUT2D eigenvalue weighted by Crippen LogP contribution is 2.39. The molecule has 1 fully saturated rings. The second-order valence-corrected chi connectivity index (χ2v) is 12.3. The molecule has 1 amide bonds. The van der Waals surface area contributed by atoms with Crippen molar-refractivity contribution in [3.63, 3.8) is 0 Å². The normalized spacial score (nSPS) is 14.0. The van der Waals surface area contributed by atoms with Gasteiger partial charge in [-0.15, -0.1) is 22.7 Å². The molecule has 1 aromatic carbocycles. The highest BCUT2D eigenvalue weighted by molar-refractivity contribution is 7.99. The molecule has 6 rings (SSSR count). The van der Waals surface area contributed by atoms with Crippen LogP contribution in [-0.4, -0.2) is 38.8 Å². The van der Waals surface area contributed by atoms with Crippen LogP contribution in [0.4, 0.5) is 10.9 Å². The quantitative estimate of drug-likeness (QED) is 0.204. The Labute approximate surface area is 239 Å². The minimum absolute atomic E-state index is 0.166. The summed E-state index contributed by atoms with van der Waals surface area (Å²) in [6.07, 6.45) is 6.66. The second-order valence-electron chi connectivity index (χ2n) is 9.40. The average Bonchev–Trinajstić information content (AvgIpc) is 3.61. The van der Waals surface area contributed by atoms with Gasteiger partial charge in [-0.05, 0) is 54.8 Å². The zero-order chi connectivity index (χ0) is 26.6. The lowest BCUT2D eigenvalue weighted by Gasteiger charge is -2.30. The summed E-state index contributed by atoms with van der Waals surface area (Å²) >= 11 is 4.91. The number of carbonyl (C=O) groups excluding carboxylic acids is 1. The standard InChI is InChI=1S/C29H27N5O2S3/c1-19(35)34-12-8-20(9-13-34)15-21-18-38-29(32-21)33-28-25(36-22-5-3-2-4-6-22)16-23(17-31-28)39-26-7-11-30-24-10-14-37-27(24)26/h2-7,10-11,14,16-18,20H,8-9,12-13,15H2,1H3,(H,31,32,33). The molecule has 1 aliphatic heterocycles. The van der Waals surface area contributed by atoms with Crippen molar-refractivity contribution in [3.05, 3.63) is 77.4 Å². The number of ether oxygens (including phenoxy) is 1. The lowest BCUT2D eigenvalue weighted by Crippen LogP contribution is -2.37. The lowest BCUT2D eigenvalue weighted by molar-refractivity contribution is -0.130. The average molecular weight is 574 g/mol. The Morgan fingerprint density at radius 2 is 1.97 bits per heavy atom. The summed E-state index contributed by atoms with van der Waals surface area (Å²) in [6, 6.07) is 15.8. The number of benzene rings is 1. The highest BCUT2D eigenvalue weighted by Gasteiger charge is 2.22. The summed E-state index contributed by atoms with van der Waals surface area (Å²) in [6.45, 7) is 3.32. The number of aromatic nitrogens is 3. The molecule has 1 saturated heterocycles. The molecule has 0 spiro atoms. The van der Waals surface area contributed by atoms with Crippen LogP contribution in [0.5, 0.6) is 11.5 Å². The Morgan fingerprint density at radius 3 is 2.79 bits per heavy atom. The number of nitrogens with one attached hydrogen (secondary N) is 1. The highest BCUT2D eigenvalue weighted by atomic mass is 32.2. The van der Waals surface area contributed by atoms with Gasteiger partial charge in [-0.3, -0.25) is 9.78 Å². The minimum Gasteiger partial charge on any atom is -0.453 e. The van der Waals surface area contributed by atoms with E-state index < -0.39 is 0 Å². The van der Waals surface area contributed by atoms with E-state index in [1.165, 1.54) is 0 Å². The number of thiazole rings is 1. The molecule has 39 heavy (non-hydrogen) atoms. The smallest absolute Gasteiger partial charge is 0.219 e. The van der Waals surface area contributed by atoms with Crippen molar-refractivity contribution < 1.29 is 9.53 Å². The summed E-state index contributed by atoms with van der Waals surface area (Å²) in [5.41, 5.74) is 2.07. The van der Waals surface area contributed by atoms with E-state index in [-0.39, 0.29) is 5.91 Å². The fourth-order valence-electron chi connectivity index (χ4n) is 4.63. The van der Waals surface area contributed by atoms with Gasteiger partial charge < -0.3 is 15.0 Å². The zero-order valence-electron chi connectivity index (χ0n) is 21.4. The predicted molar refractivity (Wildman–Crippen MR) is 159 cm³/mol. The van der Waals surface area contributed by atoms with Gasteiger partial charge in [0.15, 0.2) is 16.7 Å². The number of nitrogens with zero attached hydrogens (tertiary/aromatic N) is 4. The van der Waals surface area contributed by atoms with Gasteiger partial charge in [0.1, 0.15) is 5.75 Å². The maximum Gasteiger partial charge on any atom is 0.219 e. The van der Waals surface area contributed by atoms with E-state index in [0.717, 1.165) is 68.9 Å².